The number of nitrogen functional groups attached to an aromatic ring is 1. The number of nitrogens with zero attached hydrogens (tertiary/aromatic N) is 2. The quantitative estimate of drug-likeness (QED) is 0.852. The van der Waals surface area contributed by atoms with E-state index in [9.17, 15) is 0 Å². The molecule has 1 heterocycles. The van der Waals surface area contributed by atoms with Gasteiger partial charge in [-0.2, -0.15) is 0 Å². The molecule has 0 bridgehead atoms. The zero-order valence-corrected chi connectivity index (χ0v) is 13.0. The minimum absolute atomic E-state index is 0.642. The fourth-order valence-corrected chi connectivity index (χ4v) is 3.14. The van der Waals surface area contributed by atoms with Gasteiger partial charge in [-0.15, -0.1) is 0 Å². The molecule has 0 amide bonds. The van der Waals surface area contributed by atoms with Crippen LogP contribution in [0, 0.1) is 6.92 Å². The Bertz CT molecular complexity index is 433. The number of nitrogens with two attached hydrogens (primary N) is 1. The van der Waals surface area contributed by atoms with E-state index in [2.05, 4.69) is 52.7 Å². The first-order chi connectivity index (χ1) is 8.52. The molecule has 0 radical (unpaired) electrons. The molecule has 2 rings (SSSR count). The molecule has 0 aromatic heterocycles. The molecule has 100 valence electrons. The Morgan fingerprint density at radius 1 is 1.39 bits per heavy atom. The Balaban J connectivity index is 2.24. The molecule has 3 nitrogen and oxygen atoms in total. The summed E-state index contributed by atoms with van der Waals surface area (Å²) in [5.41, 5.74) is 9.22. The average molecular weight is 312 g/mol. The van der Waals surface area contributed by atoms with Crippen LogP contribution in [0.25, 0.3) is 0 Å². The minimum atomic E-state index is 0.642. The largest absolute Gasteiger partial charge is 0.398 e. The highest BCUT2D eigenvalue weighted by molar-refractivity contribution is 9.10. The summed E-state index contributed by atoms with van der Waals surface area (Å²) in [5.74, 6) is 0. The predicted molar refractivity (Wildman–Crippen MR) is 82.2 cm³/mol. The van der Waals surface area contributed by atoms with Gasteiger partial charge in [0.25, 0.3) is 0 Å². The summed E-state index contributed by atoms with van der Waals surface area (Å²) in [6, 6.07) is 4.85. The van der Waals surface area contributed by atoms with Crippen LogP contribution in [-0.4, -0.2) is 37.6 Å². The van der Waals surface area contributed by atoms with Crippen molar-refractivity contribution in [1.82, 2.24) is 4.90 Å². The SMILES string of the molecule is CCC1CN(c2cc(C)c(N)cc2Br)CCN1C. The van der Waals surface area contributed by atoms with Gasteiger partial charge in [0.2, 0.25) is 0 Å². The standard InChI is InChI=1S/C14H22BrN3/c1-4-11-9-18(6-5-17(11)3)14-7-10(2)13(16)8-12(14)15/h7-8,11H,4-6,9,16H2,1-3H3. The van der Waals surface area contributed by atoms with E-state index in [0.717, 1.165) is 35.4 Å². The molecule has 1 aliphatic heterocycles. The number of rotatable bonds is 2. The maximum atomic E-state index is 5.94. The third-order valence-corrected chi connectivity index (χ3v) is 4.56. The van der Waals surface area contributed by atoms with Crippen molar-refractivity contribution in [2.75, 3.05) is 37.3 Å². The topological polar surface area (TPSA) is 32.5 Å². The Kier molecular flexibility index (Phi) is 4.17. The summed E-state index contributed by atoms with van der Waals surface area (Å²) in [7, 11) is 2.22. The molecule has 0 spiro atoms. The van der Waals surface area contributed by atoms with Crippen LogP contribution in [-0.2, 0) is 0 Å². The van der Waals surface area contributed by atoms with Crippen LogP contribution in [0.1, 0.15) is 18.9 Å². The van der Waals surface area contributed by atoms with Gasteiger partial charge in [-0.3, -0.25) is 4.90 Å². The van der Waals surface area contributed by atoms with Gasteiger partial charge < -0.3 is 10.6 Å². The van der Waals surface area contributed by atoms with Gasteiger partial charge in [-0.05, 0) is 54.0 Å². The number of hydrogen-bond acceptors (Lipinski definition) is 3. The van der Waals surface area contributed by atoms with Crippen molar-refractivity contribution in [3.05, 3.63) is 22.2 Å². The van der Waals surface area contributed by atoms with Gasteiger partial charge in [0, 0.05) is 35.8 Å². The van der Waals surface area contributed by atoms with Gasteiger partial charge in [-0.25, -0.2) is 0 Å². The van der Waals surface area contributed by atoms with E-state index in [4.69, 9.17) is 5.73 Å². The fourth-order valence-electron chi connectivity index (χ4n) is 2.53. The molecule has 1 aromatic carbocycles. The maximum Gasteiger partial charge on any atom is 0.0515 e. The van der Waals surface area contributed by atoms with E-state index >= 15 is 0 Å². The van der Waals surface area contributed by atoms with E-state index in [1.165, 1.54) is 12.1 Å². The molecule has 1 aliphatic rings. The van der Waals surface area contributed by atoms with Crippen molar-refractivity contribution in [3.63, 3.8) is 0 Å². The van der Waals surface area contributed by atoms with Crippen molar-refractivity contribution >= 4 is 27.3 Å². The lowest BCUT2D eigenvalue weighted by molar-refractivity contribution is 0.213. The molecule has 1 aromatic rings. The Morgan fingerprint density at radius 3 is 2.78 bits per heavy atom. The lowest BCUT2D eigenvalue weighted by Gasteiger charge is -2.40. The second-order valence-corrected chi connectivity index (χ2v) is 6.00. The average Bonchev–Trinajstić information content (AvgIpc) is 2.35. The van der Waals surface area contributed by atoms with Crippen LogP contribution >= 0.6 is 15.9 Å². The second-order valence-electron chi connectivity index (χ2n) is 5.15. The summed E-state index contributed by atoms with van der Waals surface area (Å²) < 4.78 is 1.10. The third kappa shape index (κ3) is 2.64. The molecular formula is C14H22BrN3. The second kappa shape index (κ2) is 5.49. The molecule has 1 atom stereocenters. The highest BCUT2D eigenvalue weighted by Gasteiger charge is 2.24. The highest BCUT2D eigenvalue weighted by atomic mass is 79.9. The molecule has 1 fully saturated rings. The lowest BCUT2D eigenvalue weighted by Crippen LogP contribution is -2.51. The first-order valence-electron chi connectivity index (χ1n) is 6.53. The van der Waals surface area contributed by atoms with Crippen LogP contribution in [0.3, 0.4) is 0 Å². The molecule has 1 saturated heterocycles. The molecular weight excluding hydrogens is 290 g/mol. The zero-order chi connectivity index (χ0) is 13.3. The van der Waals surface area contributed by atoms with Gasteiger partial charge in [0.15, 0.2) is 0 Å². The van der Waals surface area contributed by atoms with Crippen molar-refractivity contribution in [1.29, 1.82) is 0 Å². The Morgan fingerprint density at radius 2 is 2.11 bits per heavy atom. The van der Waals surface area contributed by atoms with E-state index in [1.54, 1.807) is 0 Å². The number of likely N-dealkylation sites (N-methyl/N-ethyl adjacent to an activating group) is 1. The summed E-state index contributed by atoms with van der Waals surface area (Å²) in [5, 5.41) is 0. The minimum Gasteiger partial charge on any atom is -0.398 e. The van der Waals surface area contributed by atoms with Crippen LogP contribution < -0.4 is 10.6 Å². The zero-order valence-electron chi connectivity index (χ0n) is 11.4. The highest BCUT2D eigenvalue weighted by Crippen LogP contribution is 2.32. The smallest absolute Gasteiger partial charge is 0.0515 e. The number of benzene rings is 1. The van der Waals surface area contributed by atoms with Gasteiger partial charge >= 0.3 is 0 Å². The Labute approximate surface area is 118 Å². The lowest BCUT2D eigenvalue weighted by atomic mass is 10.1. The van der Waals surface area contributed by atoms with Crippen molar-refractivity contribution in [3.8, 4) is 0 Å². The third-order valence-electron chi connectivity index (χ3n) is 3.92. The van der Waals surface area contributed by atoms with Gasteiger partial charge in [0.1, 0.15) is 0 Å². The monoisotopic (exact) mass is 311 g/mol. The number of hydrogen-bond donors (Lipinski definition) is 1. The maximum absolute atomic E-state index is 5.94. The van der Waals surface area contributed by atoms with Crippen molar-refractivity contribution in [2.45, 2.75) is 26.3 Å². The summed E-state index contributed by atoms with van der Waals surface area (Å²) in [6.07, 6.45) is 1.19. The first kappa shape index (κ1) is 13.7. The van der Waals surface area contributed by atoms with Gasteiger partial charge in [0.05, 0.1) is 5.69 Å². The van der Waals surface area contributed by atoms with E-state index in [-0.39, 0.29) is 0 Å². The number of aryl methyl sites for hydroxylation is 1. The molecule has 0 aliphatic carbocycles. The van der Waals surface area contributed by atoms with E-state index < -0.39 is 0 Å². The molecule has 0 saturated carbocycles. The number of piperazine rings is 1. The molecule has 18 heavy (non-hydrogen) atoms. The Hall–Kier alpha value is -0.740. The normalized spacial score (nSPS) is 21.3. The summed E-state index contributed by atoms with van der Waals surface area (Å²) in [4.78, 5) is 4.92. The summed E-state index contributed by atoms with van der Waals surface area (Å²) >= 11 is 3.64. The van der Waals surface area contributed by atoms with Crippen LogP contribution in [0.15, 0.2) is 16.6 Å². The van der Waals surface area contributed by atoms with Crippen molar-refractivity contribution in [2.24, 2.45) is 0 Å². The van der Waals surface area contributed by atoms with E-state index in [1.807, 2.05) is 6.07 Å². The van der Waals surface area contributed by atoms with E-state index in [0.29, 0.717) is 6.04 Å². The number of halogens is 1. The predicted octanol–water partition coefficient (Wildman–Crippen LogP) is 2.87. The molecule has 1 unspecified atom stereocenters. The molecule has 4 heteroatoms. The van der Waals surface area contributed by atoms with Crippen LogP contribution in [0.2, 0.25) is 0 Å². The van der Waals surface area contributed by atoms with Gasteiger partial charge in [-0.1, -0.05) is 6.92 Å². The first-order valence-corrected chi connectivity index (χ1v) is 7.33. The van der Waals surface area contributed by atoms with Crippen LogP contribution in [0.4, 0.5) is 11.4 Å². The molecule has 2 N–H and O–H groups in total. The fraction of sp³-hybridized carbons (Fsp3) is 0.571. The van der Waals surface area contributed by atoms with Crippen LogP contribution in [0.5, 0.6) is 0 Å². The number of anilines is 2. The summed E-state index contributed by atoms with van der Waals surface area (Å²) in [6.45, 7) is 7.62. The van der Waals surface area contributed by atoms with Crippen molar-refractivity contribution < 1.29 is 0 Å².